The number of hydrogen-bond acceptors (Lipinski definition) is 6. The van der Waals surface area contributed by atoms with Crippen molar-refractivity contribution in [2.75, 3.05) is 7.05 Å². The normalized spacial score (nSPS) is 11.4. The number of aromatic nitrogens is 2. The van der Waals surface area contributed by atoms with Crippen molar-refractivity contribution in [2.45, 2.75) is 51.5 Å². The van der Waals surface area contributed by atoms with Crippen LogP contribution in [0.5, 0.6) is 0 Å². The Morgan fingerprint density at radius 2 is 1.66 bits per heavy atom. The maximum Gasteiger partial charge on any atom is 0.290 e. The van der Waals surface area contributed by atoms with Gasteiger partial charge in [0.25, 0.3) is 17.4 Å². The summed E-state index contributed by atoms with van der Waals surface area (Å²) in [6.07, 6.45) is 2.63. The van der Waals surface area contributed by atoms with E-state index in [-0.39, 0.29) is 21.7 Å². The Balaban J connectivity index is 1.89. The maximum absolute atomic E-state index is 13.0. The number of nitrogens with zero attached hydrogens (tertiary/aromatic N) is 2. The van der Waals surface area contributed by atoms with Gasteiger partial charge in [-0.15, -0.1) is 0 Å². The topological polar surface area (TPSA) is 139 Å². The SMILES string of the molecule is CCCCCn1nc(C(=O)NNC(=O)c2cc(C)c(C)c(S(=O)(=O)NC)c2)c2ccccc2c1=O. The summed E-state index contributed by atoms with van der Waals surface area (Å²) in [5.74, 6) is -1.40. The van der Waals surface area contributed by atoms with Crippen molar-refractivity contribution in [3.05, 3.63) is 69.1 Å². The van der Waals surface area contributed by atoms with E-state index >= 15 is 0 Å². The second-order valence-electron chi connectivity index (χ2n) is 8.16. The van der Waals surface area contributed by atoms with Crippen LogP contribution < -0.4 is 21.1 Å². The summed E-state index contributed by atoms with van der Waals surface area (Å²) in [6, 6.07) is 9.43. The second kappa shape index (κ2) is 10.8. The van der Waals surface area contributed by atoms with E-state index in [0.717, 1.165) is 19.3 Å². The van der Waals surface area contributed by atoms with Gasteiger partial charge in [0.2, 0.25) is 10.0 Å². The molecule has 2 aromatic carbocycles. The first kappa shape index (κ1) is 26.0. The lowest BCUT2D eigenvalue weighted by Gasteiger charge is -2.14. The molecular formula is C24H29N5O5S. The largest absolute Gasteiger partial charge is 0.290 e. The number of hydrogen-bond donors (Lipinski definition) is 3. The Hall–Kier alpha value is -3.57. The summed E-state index contributed by atoms with van der Waals surface area (Å²) in [7, 11) is -2.50. The van der Waals surface area contributed by atoms with Crippen LogP contribution in [-0.2, 0) is 16.6 Å². The zero-order valence-corrected chi connectivity index (χ0v) is 21.0. The molecule has 0 fully saturated rings. The minimum atomic E-state index is -3.78. The van der Waals surface area contributed by atoms with Crippen LogP contribution in [0.2, 0.25) is 0 Å². The number of hydrazine groups is 1. The molecular weight excluding hydrogens is 470 g/mol. The van der Waals surface area contributed by atoms with Gasteiger partial charge < -0.3 is 0 Å². The van der Waals surface area contributed by atoms with Gasteiger partial charge in [-0.25, -0.2) is 17.8 Å². The molecule has 2 amide bonds. The number of benzene rings is 2. The van der Waals surface area contributed by atoms with Crippen molar-refractivity contribution in [3.63, 3.8) is 0 Å². The van der Waals surface area contributed by atoms with Gasteiger partial charge in [0.15, 0.2) is 5.69 Å². The monoisotopic (exact) mass is 499 g/mol. The predicted molar refractivity (Wildman–Crippen MR) is 133 cm³/mol. The third kappa shape index (κ3) is 5.57. The van der Waals surface area contributed by atoms with Crippen LogP contribution in [0.1, 0.15) is 58.2 Å². The van der Waals surface area contributed by atoms with Crippen LogP contribution in [0, 0.1) is 13.8 Å². The molecule has 0 saturated carbocycles. The number of rotatable bonds is 8. The molecule has 3 aromatic rings. The zero-order valence-electron chi connectivity index (χ0n) is 20.1. The van der Waals surface area contributed by atoms with Crippen molar-refractivity contribution in [2.24, 2.45) is 0 Å². The average molecular weight is 500 g/mol. The molecule has 11 heteroatoms. The lowest BCUT2D eigenvalue weighted by molar-refractivity contribution is 0.0843. The standard InChI is InChI=1S/C24H29N5O5S/c1-5-6-9-12-29-24(32)19-11-8-7-10-18(19)21(28-29)23(31)27-26-22(30)17-13-15(2)16(3)20(14-17)35(33,34)25-4/h7-8,10-11,13-14,25H,5-6,9,12H2,1-4H3,(H,26,30)(H,27,31). The molecule has 1 aromatic heterocycles. The van der Waals surface area contributed by atoms with Gasteiger partial charge in [0.05, 0.1) is 10.3 Å². The van der Waals surface area contributed by atoms with Crippen LogP contribution in [0.25, 0.3) is 10.8 Å². The molecule has 3 rings (SSSR count). The molecule has 10 nitrogen and oxygen atoms in total. The van der Waals surface area contributed by atoms with Gasteiger partial charge in [-0.2, -0.15) is 5.10 Å². The predicted octanol–water partition coefficient (Wildman–Crippen LogP) is 2.19. The van der Waals surface area contributed by atoms with E-state index in [1.165, 1.54) is 23.9 Å². The van der Waals surface area contributed by atoms with Gasteiger partial charge >= 0.3 is 0 Å². The zero-order chi connectivity index (χ0) is 25.8. The minimum absolute atomic E-state index is 0.00413. The molecule has 35 heavy (non-hydrogen) atoms. The first-order valence-electron chi connectivity index (χ1n) is 11.3. The first-order valence-corrected chi connectivity index (χ1v) is 12.7. The highest BCUT2D eigenvalue weighted by molar-refractivity contribution is 7.89. The van der Waals surface area contributed by atoms with Crippen LogP contribution in [0.15, 0.2) is 46.1 Å². The van der Waals surface area contributed by atoms with Gasteiger partial charge in [-0.1, -0.05) is 38.0 Å². The fraction of sp³-hybridized carbons (Fsp3) is 0.333. The molecule has 0 unspecified atom stereocenters. The molecule has 0 radical (unpaired) electrons. The van der Waals surface area contributed by atoms with E-state index in [9.17, 15) is 22.8 Å². The van der Waals surface area contributed by atoms with E-state index in [4.69, 9.17) is 0 Å². The number of nitrogens with one attached hydrogen (secondary N) is 3. The average Bonchev–Trinajstić information content (AvgIpc) is 2.85. The van der Waals surface area contributed by atoms with Crippen LogP contribution >= 0.6 is 0 Å². The molecule has 0 atom stereocenters. The second-order valence-corrected chi connectivity index (χ2v) is 10.0. The van der Waals surface area contributed by atoms with Gasteiger partial charge in [0, 0.05) is 17.5 Å². The number of aryl methyl sites for hydroxylation is 2. The van der Waals surface area contributed by atoms with E-state index in [1.54, 1.807) is 38.1 Å². The highest BCUT2D eigenvalue weighted by Gasteiger charge is 2.21. The highest BCUT2D eigenvalue weighted by atomic mass is 32.2. The Morgan fingerprint density at radius 3 is 2.31 bits per heavy atom. The number of amides is 2. The van der Waals surface area contributed by atoms with Crippen molar-refractivity contribution in [1.82, 2.24) is 25.4 Å². The summed E-state index contributed by atoms with van der Waals surface area (Å²) in [5.41, 5.74) is 5.52. The number of sulfonamides is 1. The molecule has 1 heterocycles. The Bertz CT molecular complexity index is 1450. The number of unbranched alkanes of at least 4 members (excludes halogenated alkanes) is 2. The lowest BCUT2D eigenvalue weighted by Crippen LogP contribution is -2.43. The molecule has 3 N–H and O–H groups in total. The van der Waals surface area contributed by atoms with Crippen LogP contribution in [0.4, 0.5) is 0 Å². The van der Waals surface area contributed by atoms with E-state index in [0.29, 0.717) is 28.4 Å². The molecule has 0 spiro atoms. The van der Waals surface area contributed by atoms with Crippen LogP contribution in [0.3, 0.4) is 0 Å². The number of carbonyl (C=O) groups excluding carboxylic acids is 2. The third-order valence-electron chi connectivity index (χ3n) is 5.79. The fourth-order valence-electron chi connectivity index (χ4n) is 3.66. The van der Waals surface area contributed by atoms with Gasteiger partial charge in [-0.3, -0.25) is 25.2 Å². The number of carbonyl (C=O) groups is 2. The minimum Gasteiger partial charge on any atom is -0.267 e. The molecule has 0 aliphatic rings. The fourth-order valence-corrected chi connectivity index (χ4v) is 4.72. The van der Waals surface area contributed by atoms with E-state index < -0.39 is 21.8 Å². The molecule has 0 aliphatic heterocycles. The Morgan fingerprint density at radius 1 is 1.00 bits per heavy atom. The molecule has 186 valence electrons. The lowest BCUT2D eigenvalue weighted by atomic mass is 10.1. The summed E-state index contributed by atoms with van der Waals surface area (Å²) < 4.78 is 28.2. The Kier molecular flexibility index (Phi) is 8.03. The molecule has 0 aliphatic carbocycles. The van der Waals surface area contributed by atoms with Crippen molar-refractivity contribution >= 4 is 32.6 Å². The van der Waals surface area contributed by atoms with Crippen molar-refractivity contribution in [1.29, 1.82) is 0 Å². The van der Waals surface area contributed by atoms with E-state index in [2.05, 4.69) is 20.7 Å². The number of fused-ring (bicyclic) bond motifs is 1. The Labute approximate surface area is 203 Å². The van der Waals surface area contributed by atoms with Crippen molar-refractivity contribution < 1.29 is 18.0 Å². The summed E-state index contributed by atoms with van der Waals surface area (Å²) in [5, 5.41) is 4.98. The van der Waals surface area contributed by atoms with Gasteiger partial charge in [-0.05, 0) is 56.6 Å². The maximum atomic E-state index is 13.0. The summed E-state index contributed by atoms with van der Waals surface area (Å²) in [6.45, 7) is 5.76. The van der Waals surface area contributed by atoms with Gasteiger partial charge in [0.1, 0.15) is 0 Å². The van der Waals surface area contributed by atoms with Crippen LogP contribution in [-0.4, -0.2) is 37.1 Å². The third-order valence-corrected chi connectivity index (χ3v) is 7.33. The van der Waals surface area contributed by atoms with E-state index in [1.807, 2.05) is 6.92 Å². The smallest absolute Gasteiger partial charge is 0.267 e. The van der Waals surface area contributed by atoms with Crippen molar-refractivity contribution in [3.8, 4) is 0 Å². The summed E-state index contributed by atoms with van der Waals surface area (Å²) in [4.78, 5) is 38.5. The molecule has 0 saturated heterocycles. The quantitative estimate of drug-likeness (QED) is 0.321. The molecule has 0 bridgehead atoms. The first-order chi connectivity index (χ1) is 16.6. The highest BCUT2D eigenvalue weighted by Crippen LogP contribution is 2.21. The summed E-state index contributed by atoms with van der Waals surface area (Å²) >= 11 is 0.